The van der Waals surface area contributed by atoms with E-state index < -0.39 is 15.8 Å². The smallest absolute Gasteiger partial charge is 0.279 e. The average Bonchev–Trinajstić information content (AvgIpc) is 2.68. The van der Waals surface area contributed by atoms with Gasteiger partial charge in [0.25, 0.3) is 5.91 Å². The van der Waals surface area contributed by atoms with Crippen molar-refractivity contribution in [1.29, 1.82) is 0 Å². The van der Waals surface area contributed by atoms with Gasteiger partial charge in [0.05, 0.1) is 26.2 Å². The normalized spacial score (nSPS) is 16.1. The van der Waals surface area contributed by atoms with Gasteiger partial charge in [0.15, 0.2) is 6.54 Å². The molecule has 2 N–H and O–H groups in total. The molecule has 0 radical (unpaired) electrons. The molecule has 1 amide bonds. The van der Waals surface area contributed by atoms with Crippen molar-refractivity contribution < 1.29 is 22.5 Å². The van der Waals surface area contributed by atoms with E-state index in [0.29, 0.717) is 13.1 Å². The van der Waals surface area contributed by atoms with Crippen molar-refractivity contribution in [3.05, 3.63) is 59.9 Å². The molecule has 0 atom stereocenters. The number of amides is 1. The van der Waals surface area contributed by atoms with Gasteiger partial charge in [-0.25, -0.2) is 12.8 Å². The Labute approximate surface area is 165 Å². The van der Waals surface area contributed by atoms with Crippen molar-refractivity contribution in [2.24, 2.45) is 0 Å². The van der Waals surface area contributed by atoms with E-state index in [2.05, 4.69) is 12.2 Å². The van der Waals surface area contributed by atoms with Crippen molar-refractivity contribution in [2.45, 2.75) is 18.2 Å². The maximum Gasteiger partial charge on any atom is 0.279 e. The van der Waals surface area contributed by atoms with Crippen molar-refractivity contribution in [3.8, 4) is 0 Å². The van der Waals surface area contributed by atoms with Crippen LogP contribution in [0.5, 0.6) is 0 Å². The number of rotatable bonds is 6. The van der Waals surface area contributed by atoms with E-state index in [1.54, 1.807) is 0 Å². The van der Waals surface area contributed by atoms with Gasteiger partial charge >= 0.3 is 0 Å². The molecular formula is C20H25FN3O3S+. The molecule has 0 aliphatic carbocycles. The maximum absolute atomic E-state index is 13.9. The largest absolute Gasteiger partial charge is 0.325 e. The zero-order valence-electron chi connectivity index (χ0n) is 15.8. The van der Waals surface area contributed by atoms with Gasteiger partial charge in [-0.15, -0.1) is 0 Å². The Hall–Kier alpha value is -2.29. The molecule has 0 saturated carbocycles. The number of carbonyl (C=O) groups excluding carboxylic acids is 1. The summed E-state index contributed by atoms with van der Waals surface area (Å²) in [5.41, 5.74) is 1.92. The van der Waals surface area contributed by atoms with Crippen molar-refractivity contribution in [3.63, 3.8) is 0 Å². The minimum Gasteiger partial charge on any atom is -0.325 e. The summed E-state index contributed by atoms with van der Waals surface area (Å²) in [5.74, 6) is -0.848. The fourth-order valence-corrected chi connectivity index (χ4v) is 4.82. The van der Waals surface area contributed by atoms with Crippen LogP contribution in [0.4, 0.5) is 10.1 Å². The van der Waals surface area contributed by atoms with Crippen LogP contribution in [0.1, 0.15) is 12.5 Å². The molecule has 1 heterocycles. The zero-order valence-corrected chi connectivity index (χ0v) is 16.6. The SMILES string of the molecule is CCc1cccc(NC(=O)C[NH+]2CCN(S(=O)(=O)c3ccccc3F)CC2)c1. The first-order chi connectivity index (χ1) is 13.4. The van der Waals surface area contributed by atoms with E-state index in [1.807, 2.05) is 24.3 Å². The van der Waals surface area contributed by atoms with Crippen LogP contribution in [0.3, 0.4) is 0 Å². The van der Waals surface area contributed by atoms with Crippen LogP contribution < -0.4 is 10.2 Å². The number of sulfonamides is 1. The first-order valence-electron chi connectivity index (χ1n) is 9.37. The van der Waals surface area contributed by atoms with Gasteiger partial charge < -0.3 is 10.2 Å². The number of aryl methyl sites for hydroxylation is 1. The standard InChI is InChI=1S/C20H24FN3O3S/c1-2-16-6-5-7-17(14-16)22-20(25)15-23-10-12-24(13-11-23)28(26,27)19-9-4-3-8-18(19)21/h3-9,14H,2,10-13,15H2,1H3,(H,22,25)/p+1. The van der Waals surface area contributed by atoms with Crippen LogP contribution in [0.2, 0.25) is 0 Å². The van der Waals surface area contributed by atoms with Crippen LogP contribution in [-0.4, -0.2) is 51.4 Å². The number of hydrogen-bond donors (Lipinski definition) is 2. The Kier molecular flexibility index (Phi) is 6.43. The maximum atomic E-state index is 13.9. The fraction of sp³-hybridized carbons (Fsp3) is 0.350. The molecule has 0 spiro atoms. The Bertz CT molecular complexity index is 941. The first kappa shape index (κ1) is 20.4. The number of anilines is 1. The molecule has 150 valence electrons. The van der Waals surface area contributed by atoms with E-state index in [0.717, 1.165) is 28.6 Å². The highest BCUT2D eigenvalue weighted by Crippen LogP contribution is 2.18. The van der Waals surface area contributed by atoms with Gasteiger partial charge in [0.2, 0.25) is 10.0 Å². The van der Waals surface area contributed by atoms with Crippen LogP contribution in [0, 0.1) is 5.82 Å². The fourth-order valence-electron chi connectivity index (χ4n) is 3.31. The van der Waals surface area contributed by atoms with Crippen LogP contribution in [0.25, 0.3) is 0 Å². The Morgan fingerprint density at radius 2 is 1.86 bits per heavy atom. The second kappa shape index (κ2) is 8.81. The molecule has 6 nitrogen and oxygen atoms in total. The number of quaternary nitrogens is 1. The van der Waals surface area contributed by atoms with E-state index in [-0.39, 0.29) is 30.4 Å². The second-order valence-electron chi connectivity index (χ2n) is 6.86. The predicted octanol–water partition coefficient (Wildman–Crippen LogP) is 0.916. The molecule has 3 rings (SSSR count). The summed E-state index contributed by atoms with van der Waals surface area (Å²) in [4.78, 5) is 13.0. The molecule has 0 bridgehead atoms. The molecule has 1 aliphatic heterocycles. The van der Waals surface area contributed by atoms with Crippen LogP contribution >= 0.6 is 0 Å². The van der Waals surface area contributed by atoms with Gasteiger partial charge in [-0.05, 0) is 36.2 Å². The highest BCUT2D eigenvalue weighted by atomic mass is 32.2. The van der Waals surface area contributed by atoms with Crippen LogP contribution in [0.15, 0.2) is 53.4 Å². The molecule has 2 aromatic rings. The molecule has 1 aliphatic rings. The second-order valence-corrected chi connectivity index (χ2v) is 8.77. The summed E-state index contributed by atoms with van der Waals surface area (Å²) in [6.07, 6.45) is 0.896. The number of nitrogens with one attached hydrogen (secondary N) is 2. The molecule has 0 unspecified atom stereocenters. The lowest BCUT2D eigenvalue weighted by molar-refractivity contribution is -0.895. The summed E-state index contributed by atoms with van der Waals surface area (Å²) < 4.78 is 40.4. The van der Waals surface area contributed by atoms with Crippen molar-refractivity contribution >= 4 is 21.6 Å². The average molecular weight is 407 g/mol. The van der Waals surface area contributed by atoms with Gasteiger partial charge in [-0.1, -0.05) is 31.2 Å². The van der Waals surface area contributed by atoms with Gasteiger partial charge in [0, 0.05) is 5.69 Å². The molecule has 0 aromatic heterocycles. The third-order valence-electron chi connectivity index (χ3n) is 4.91. The minimum absolute atomic E-state index is 0.103. The predicted molar refractivity (Wildman–Crippen MR) is 105 cm³/mol. The van der Waals surface area contributed by atoms with E-state index in [1.165, 1.54) is 22.5 Å². The van der Waals surface area contributed by atoms with Crippen LogP contribution in [-0.2, 0) is 21.2 Å². The lowest BCUT2D eigenvalue weighted by atomic mass is 10.1. The number of hydrogen-bond acceptors (Lipinski definition) is 3. The Morgan fingerprint density at radius 3 is 2.54 bits per heavy atom. The number of piperazine rings is 1. The highest BCUT2D eigenvalue weighted by Gasteiger charge is 2.32. The first-order valence-corrected chi connectivity index (χ1v) is 10.8. The summed E-state index contributed by atoms with van der Waals surface area (Å²) in [6, 6.07) is 13.1. The molecule has 1 saturated heterocycles. The molecule has 8 heteroatoms. The van der Waals surface area contributed by atoms with Gasteiger partial charge in [0.1, 0.15) is 10.7 Å². The molecular weight excluding hydrogens is 381 g/mol. The number of halogens is 1. The lowest BCUT2D eigenvalue weighted by Gasteiger charge is -2.31. The summed E-state index contributed by atoms with van der Waals surface area (Å²) in [5, 5.41) is 2.90. The van der Waals surface area contributed by atoms with E-state index in [4.69, 9.17) is 0 Å². The third-order valence-corrected chi connectivity index (χ3v) is 6.85. The molecule has 1 fully saturated rings. The zero-order chi connectivity index (χ0) is 20.1. The summed E-state index contributed by atoms with van der Waals surface area (Å²) >= 11 is 0. The third kappa shape index (κ3) is 4.76. The van der Waals surface area contributed by atoms with Gasteiger partial charge in [-0.3, -0.25) is 4.79 Å². The Morgan fingerprint density at radius 1 is 1.14 bits per heavy atom. The Balaban J connectivity index is 1.55. The molecule has 28 heavy (non-hydrogen) atoms. The molecule has 2 aromatic carbocycles. The summed E-state index contributed by atoms with van der Waals surface area (Å²) in [6.45, 7) is 3.82. The number of carbonyl (C=O) groups is 1. The number of nitrogens with zero attached hydrogens (tertiary/aromatic N) is 1. The summed E-state index contributed by atoms with van der Waals surface area (Å²) in [7, 11) is -3.86. The number of benzene rings is 2. The topological polar surface area (TPSA) is 70.9 Å². The highest BCUT2D eigenvalue weighted by molar-refractivity contribution is 7.89. The van der Waals surface area contributed by atoms with Crippen molar-refractivity contribution in [1.82, 2.24) is 4.31 Å². The minimum atomic E-state index is -3.86. The monoisotopic (exact) mass is 406 g/mol. The van der Waals surface area contributed by atoms with Gasteiger partial charge in [-0.2, -0.15) is 4.31 Å². The lowest BCUT2D eigenvalue weighted by Crippen LogP contribution is -3.15. The van der Waals surface area contributed by atoms with E-state index in [9.17, 15) is 17.6 Å². The van der Waals surface area contributed by atoms with E-state index >= 15 is 0 Å². The van der Waals surface area contributed by atoms with Crippen molar-refractivity contribution in [2.75, 3.05) is 38.0 Å². The quantitative estimate of drug-likeness (QED) is 0.749.